The van der Waals surface area contributed by atoms with Gasteiger partial charge in [-0.15, -0.1) is 11.3 Å². The van der Waals surface area contributed by atoms with Gasteiger partial charge in [-0.3, -0.25) is 0 Å². The summed E-state index contributed by atoms with van der Waals surface area (Å²) in [4.78, 5) is 1.36. The molecule has 16 heavy (non-hydrogen) atoms. The van der Waals surface area contributed by atoms with Crippen LogP contribution in [-0.4, -0.2) is 0 Å². The smallest absolute Gasteiger partial charge is 0.0763 e. The Morgan fingerprint density at radius 1 is 1.38 bits per heavy atom. The van der Waals surface area contributed by atoms with Gasteiger partial charge >= 0.3 is 0 Å². The van der Waals surface area contributed by atoms with Gasteiger partial charge in [-0.2, -0.15) is 0 Å². The summed E-state index contributed by atoms with van der Waals surface area (Å²) in [6, 6.07) is 8.30. The standard InChI is InChI=1S/C12H9BrClIS/c1-7-3-2-4-8(11(7)15)10(13)12-9(14)5-6-16-12/h2-6,10H,1H3. The molecule has 0 aliphatic carbocycles. The van der Waals surface area contributed by atoms with Crippen LogP contribution in [0.25, 0.3) is 0 Å². The lowest BCUT2D eigenvalue weighted by Gasteiger charge is -2.12. The van der Waals surface area contributed by atoms with E-state index < -0.39 is 0 Å². The molecule has 0 N–H and O–H groups in total. The third-order valence-corrected chi connectivity index (χ3v) is 6.52. The number of hydrogen-bond acceptors (Lipinski definition) is 1. The Labute approximate surface area is 126 Å². The van der Waals surface area contributed by atoms with Crippen molar-refractivity contribution >= 4 is 61.5 Å². The summed E-state index contributed by atoms with van der Waals surface area (Å²) in [5.41, 5.74) is 2.58. The number of benzene rings is 1. The van der Waals surface area contributed by atoms with Gasteiger partial charge in [0.05, 0.1) is 9.85 Å². The van der Waals surface area contributed by atoms with Crippen LogP contribution < -0.4 is 0 Å². The molecule has 1 unspecified atom stereocenters. The van der Waals surface area contributed by atoms with Crippen molar-refractivity contribution in [1.82, 2.24) is 0 Å². The van der Waals surface area contributed by atoms with Crippen LogP contribution in [0.3, 0.4) is 0 Å². The van der Waals surface area contributed by atoms with Crippen molar-refractivity contribution < 1.29 is 0 Å². The van der Waals surface area contributed by atoms with E-state index in [9.17, 15) is 0 Å². The van der Waals surface area contributed by atoms with Crippen molar-refractivity contribution in [2.24, 2.45) is 0 Å². The third-order valence-electron chi connectivity index (χ3n) is 2.37. The molecule has 4 heteroatoms. The highest BCUT2D eigenvalue weighted by atomic mass is 127. The Balaban J connectivity index is 2.46. The van der Waals surface area contributed by atoms with Gasteiger partial charge in [-0.05, 0) is 52.1 Å². The molecule has 0 aliphatic heterocycles. The maximum atomic E-state index is 6.15. The first kappa shape index (κ1) is 12.9. The van der Waals surface area contributed by atoms with E-state index >= 15 is 0 Å². The molecular formula is C12H9BrClIS. The van der Waals surface area contributed by atoms with Crippen LogP contribution in [-0.2, 0) is 0 Å². The zero-order valence-electron chi connectivity index (χ0n) is 8.51. The Hall–Kier alpha value is 0.420. The third kappa shape index (κ3) is 2.47. The molecule has 1 atom stereocenters. The minimum Gasteiger partial charge on any atom is -0.146 e. The molecule has 0 saturated carbocycles. The molecule has 0 fully saturated rings. The number of hydrogen-bond donors (Lipinski definition) is 0. The van der Waals surface area contributed by atoms with Crippen molar-refractivity contribution in [2.75, 3.05) is 0 Å². The number of halogens is 3. The van der Waals surface area contributed by atoms with Gasteiger partial charge in [-0.1, -0.05) is 45.7 Å². The van der Waals surface area contributed by atoms with Crippen LogP contribution in [0.5, 0.6) is 0 Å². The van der Waals surface area contributed by atoms with Crippen LogP contribution in [0.2, 0.25) is 5.02 Å². The fraction of sp³-hybridized carbons (Fsp3) is 0.167. The minimum absolute atomic E-state index is 0.187. The molecule has 1 aromatic heterocycles. The summed E-state index contributed by atoms with van der Waals surface area (Å²) in [7, 11) is 0. The second kappa shape index (κ2) is 5.38. The largest absolute Gasteiger partial charge is 0.146 e. The van der Waals surface area contributed by atoms with Gasteiger partial charge in [0.2, 0.25) is 0 Å². The molecule has 0 radical (unpaired) electrons. The zero-order valence-corrected chi connectivity index (χ0v) is 13.8. The molecule has 1 heterocycles. The Morgan fingerprint density at radius 3 is 2.75 bits per heavy atom. The molecule has 0 saturated heterocycles. The lowest BCUT2D eigenvalue weighted by molar-refractivity contribution is 1.18. The van der Waals surface area contributed by atoms with Gasteiger partial charge in [0.25, 0.3) is 0 Å². The quantitative estimate of drug-likeness (QED) is 0.420. The predicted octanol–water partition coefficient (Wildman–Crippen LogP) is 5.80. The van der Waals surface area contributed by atoms with Crippen LogP contribution in [0.1, 0.15) is 20.8 Å². The monoisotopic (exact) mass is 426 g/mol. The van der Waals surface area contributed by atoms with E-state index in [1.165, 1.54) is 19.6 Å². The molecule has 0 spiro atoms. The highest BCUT2D eigenvalue weighted by Crippen LogP contribution is 2.40. The second-order valence-corrected chi connectivity index (χ2v) is 6.82. The Morgan fingerprint density at radius 2 is 2.12 bits per heavy atom. The van der Waals surface area contributed by atoms with Crippen LogP contribution >= 0.6 is 61.5 Å². The lowest BCUT2D eigenvalue weighted by atomic mass is 10.1. The van der Waals surface area contributed by atoms with E-state index in [4.69, 9.17) is 11.6 Å². The predicted molar refractivity (Wildman–Crippen MR) is 84.0 cm³/mol. The van der Waals surface area contributed by atoms with Crippen molar-refractivity contribution in [3.8, 4) is 0 Å². The lowest BCUT2D eigenvalue weighted by Crippen LogP contribution is -1.95. The number of alkyl halides is 1. The fourth-order valence-electron chi connectivity index (χ4n) is 1.49. The minimum atomic E-state index is 0.187. The molecule has 2 aromatic rings. The topological polar surface area (TPSA) is 0 Å². The summed E-state index contributed by atoms with van der Waals surface area (Å²) >= 11 is 14.0. The fourth-order valence-corrected chi connectivity index (χ4v) is 4.83. The molecule has 0 aliphatic rings. The van der Waals surface area contributed by atoms with Crippen LogP contribution in [0.4, 0.5) is 0 Å². The average Bonchev–Trinajstić information content (AvgIpc) is 2.68. The highest BCUT2D eigenvalue weighted by molar-refractivity contribution is 14.1. The van der Waals surface area contributed by atoms with Crippen LogP contribution in [0.15, 0.2) is 29.6 Å². The Bertz CT molecular complexity index is 509. The van der Waals surface area contributed by atoms with E-state index in [0.29, 0.717) is 0 Å². The number of aryl methyl sites for hydroxylation is 1. The van der Waals surface area contributed by atoms with E-state index in [2.05, 4.69) is 63.6 Å². The van der Waals surface area contributed by atoms with Gasteiger partial charge in [0.1, 0.15) is 0 Å². The first-order valence-corrected chi connectivity index (χ1v) is 7.98. The first-order valence-electron chi connectivity index (χ1n) is 4.73. The highest BCUT2D eigenvalue weighted by Gasteiger charge is 2.18. The Kier molecular flexibility index (Phi) is 4.32. The molecule has 2 rings (SSSR count). The molecular weight excluding hydrogens is 418 g/mol. The number of rotatable bonds is 2. The van der Waals surface area contributed by atoms with E-state index in [1.54, 1.807) is 11.3 Å². The molecule has 1 aromatic carbocycles. The maximum Gasteiger partial charge on any atom is 0.0763 e. The summed E-state index contributed by atoms with van der Waals surface area (Å²) < 4.78 is 1.30. The summed E-state index contributed by atoms with van der Waals surface area (Å²) in [6.07, 6.45) is 0. The second-order valence-electron chi connectivity index (χ2n) is 3.47. The van der Waals surface area contributed by atoms with Gasteiger partial charge in [0.15, 0.2) is 0 Å². The van der Waals surface area contributed by atoms with Gasteiger partial charge in [0, 0.05) is 8.45 Å². The maximum absolute atomic E-state index is 6.15. The molecule has 0 bridgehead atoms. The first-order chi connectivity index (χ1) is 7.61. The zero-order chi connectivity index (χ0) is 11.7. The van der Waals surface area contributed by atoms with E-state index in [0.717, 1.165) is 5.02 Å². The van der Waals surface area contributed by atoms with Gasteiger partial charge in [-0.25, -0.2) is 0 Å². The average molecular weight is 428 g/mol. The number of thiophene rings is 1. The SMILES string of the molecule is Cc1cccc(C(Br)c2sccc2Cl)c1I. The molecule has 0 nitrogen and oxygen atoms in total. The summed E-state index contributed by atoms with van der Waals surface area (Å²) in [6.45, 7) is 2.13. The van der Waals surface area contributed by atoms with Crippen molar-refractivity contribution in [2.45, 2.75) is 11.8 Å². The van der Waals surface area contributed by atoms with Crippen LogP contribution in [0, 0.1) is 10.5 Å². The normalized spacial score (nSPS) is 12.8. The van der Waals surface area contributed by atoms with Crippen molar-refractivity contribution in [1.29, 1.82) is 0 Å². The van der Waals surface area contributed by atoms with Crippen molar-refractivity contribution in [3.05, 3.63) is 54.2 Å². The summed E-state index contributed by atoms with van der Waals surface area (Å²) in [5, 5.41) is 2.86. The van der Waals surface area contributed by atoms with Gasteiger partial charge < -0.3 is 0 Å². The molecule has 84 valence electrons. The molecule has 0 amide bonds. The van der Waals surface area contributed by atoms with E-state index in [-0.39, 0.29) is 4.83 Å². The summed E-state index contributed by atoms with van der Waals surface area (Å²) in [5.74, 6) is 0. The van der Waals surface area contributed by atoms with E-state index in [1.807, 2.05) is 11.4 Å². The van der Waals surface area contributed by atoms with Crippen molar-refractivity contribution in [3.63, 3.8) is 0 Å².